The Hall–Kier alpha value is -3.01. The summed E-state index contributed by atoms with van der Waals surface area (Å²) in [6.45, 7) is 1.97. The van der Waals surface area contributed by atoms with Gasteiger partial charge in [-0.3, -0.25) is 0 Å². The van der Waals surface area contributed by atoms with E-state index in [0.29, 0.717) is 5.56 Å². The SMILES string of the molecule is Cc1ccc(C#Cc2cc(F)c(C#Cc3ccc(S)cc3)cc2F)cc1. The van der Waals surface area contributed by atoms with E-state index in [2.05, 4.69) is 36.3 Å². The van der Waals surface area contributed by atoms with E-state index in [9.17, 15) is 8.78 Å². The van der Waals surface area contributed by atoms with Crippen LogP contribution in [0.5, 0.6) is 0 Å². The first kappa shape index (κ1) is 17.8. The Morgan fingerprint density at radius 3 is 1.54 bits per heavy atom. The standard InChI is InChI=1S/C23H14F2S/c1-16-2-4-17(5-3-16)6-10-19-14-23(25)20(15-22(19)24)11-7-18-8-12-21(26)13-9-18/h2-5,8-9,12-15,26H,1H3. The molecule has 0 unspecified atom stereocenters. The van der Waals surface area contributed by atoms with Crippen molar-refractivity contribution in [1.82, 2.24) is 0 Å². The fourth-order valence-corrected chi connectivity index (χ4v) is 2.35. The smallest absolute Gasteiger partial charge is 0.140 e. The van der Waals surface area contributed by atoms with Gasteiger partial charge in [-0.2, -0.15) is 0 Å². The van der Waals surface area contributed by atoms with Crippen molar-refractivity contribution in [3.8, 4) is 23.7 Å². The predicted octanol–water partition coefficient (Wildman–Crippen LogP) is 5.36. The van der Waals surface area contributed by atoms with Gasteiger partial charge in [-0.05, 0) is 55.5 Å². The summed E-state index contributed by atoms with van der Waals surface area (Å²) < 4.78 is 28.5. The van der Waals surface area contributed by atoms with Crippen LogP contribution in [0.2, 0.25) is 0 Å². The van der Waals surface area contributed by atoms with Crippen LogP contribution in [0, 0.1) is 42.2 Å². The van der Waals surface area contributed by atoms with Gasteiger partial charge in [-0.1, -0.05) is 41.4 Å². The van der Waals surface area contributed by atoms with Crippen LogP contribution in [-0.4, -0.2) is 0 Å². The fraction of sp³-hybridized carbons (Fsp3) is 0.0435. The second kappa shape index (κ2) is 7.91. The highest BCUT2D eigenvalue weighted by atomic mass is 32.1. The molecule has 0 aliphatic rings. The Kier molecular flexibility index (Phi) is 5.42. The number of hydrogen-bond acceptors (Lipinski definition) is 1. The molecule has 0 atom stereocenters. The van der Waals surface area contributed by atoms with E-state index < -0.39 is 11.6 Å². The van der Waals surface area contributed by atoms with Gasteiger partial charge in [0, 0.05) is 16.0 Å². The Morgan fingerprint density at radius 1 is 0.654 bits per heavy atom. The molecule has 0 nitrogen and oxygen atoms in total. The van der Waals surface area contributed by atoms with Gasteiger partial charge in [0.2, 0.25) is 0 Å². The Labute approximate surface area is 157 Å². The van der Waals surface area contributed by atoms with Crippen molar-refractivity contribution < 1.29 is 8.78 Å². The van der Waals surface area contributed by atoms with Gasteiger partial charge in [-0.15, -0.1) is 12.6 Å². The predicted molar refractivity (Wildman–Crippen MR) is 103 cm³/mol. The lowest BCUT2D eigenvalue weighted by molar-refractivity contribution is 0.594. The molecule has 0 saturated heterocycles. The van der Waals surface area contributed by atoms with E-state index in [-0.39, 0.29) is 11.1 Å². The van der Waals surface area contributed by atoms with E-state index in [4.69, 9.17) is 0 Å². The first-order chi connectivity index (χ1) is 12.5. The molecule has 0 fully saturated rings. The molecule has 0 N–H and O–H groups in total. The molecule has 26 heavy (non-hydrogen) atoms. The van der Waals surface area contributed by atoms with E-state index >= 15 is 0 Å². The Bertz CT molecular complexity index is 969. The molecule has 3 rings (SSSR count). The van der Waals surface area contributed by atoms with Crippen molar-refractivity contribution in [2.75, 3.05) is 0 Å². The van der Waals surface area contributed by atoms with Gasteiger partial charge >= 0.3 is 0 Å². The lowest BCUT2D eigenvalue weighted by Gasteiger charge is -1.99. The third-order valence-corrected chi connectivity index (χ3v) is 3.96. The number of halogens is 2. The zero-order valence-electron chi connectivity index (χ0n) is 14.0. The molecule has 0 saturated carbocycles. The molecule has 126 valence electrons. The van der Waals surface area contributed by atoms with Gasteiger partial charge in [-0.25, -0.2) is 8.78 Å². The van der Waals surface area contributed by atoms with Crippen molar-refractivity contribution in [3.63, 3.8) is 0 Å². The second-order valence-corrected chi connectivity index (χ2v) is 6.24. The molecule has 3 aromatic carbocycles. The highest BCUT2D eigenvalue weighted by Gasteiger charge is 2.07. The van der Waals surface area contributed by atoms with Crippen LogP contribution in [0.1, 0.15) is 27.8 Å². The normalized spacial score (nSPS) is 9.69. The highest BCUT2D eigenvalue weighted by molar-refractivity contribution is 7.80. The second-order valence-electron chi connectivity index (χ2n) is 5.72. The van der Waals surface area contributed by atoms with Crippen LogP contribution in [0.3, 0.4) is 0 Å². The quantitative estimate of drug-likeness (QED) is 0.405. The van der Waals surface area contributed by atoms with Crippen molar-refractivity contribution in [2.24, 2.45) is 0 Å². The van der Waals surface area contributed by atoms with Crippen molar-refractivity contribution in [3.05, 3.63) is 100 Å². The van der Waals surface area contributed by atoms with Gasteiger partial charge in [0.1, 0.15) is 11.6 Å². The molecule has 3 heteroatoms. The molecule has 0 heterocycles. The molecule has 0 aliphatic carbocycles. The van der Waals surface area contributed by atoms with Crippen LogP contribution in [0.4, 0.5) is 8.78 Å². The number of aryl methyl sites for hydroxylation is 1. The van der Waals surface area contributed by atoms with Crippen molar-refractivity contribution in [1.29, 1.82) is 0 Å². The average Bonchev–Trinajstić information content (AvgIpc) is 2.63. The third-order valence-electron chi connectivity index (χ3n) is 3.66. The van der Waals surface area contributed by atoms with E-state index in [1.54, 1.807) is 24.3 Å². The van der Waals surface area contributed by atoms with E-state index in [1.807, 2.05) is 31.2 Å². The van der Waals surface area contributed by atoms with Crippen LogP contribution in [0.15, 0.2) is 65.6 Å². The summed E-state index contributed by atoms with van der Waals surface area (Å²) in [6.07, 6.45) is 0. The summed E-state index contributed by atoms with van der Waals surface area (Å²) in [4.78, 5) is 0.810. The fourth-order valence-electron chi connectivity index (χ4n) is 2.20. The highest BCUT2D eigenvalue weighted by Crippen LogP contribution is 2.14. The van der Waals surface area contributed by atoms with Crippen LogP contribution in [-0.2, 0) is 0 Å². The summed E-state index contributed by atoms with van der Waals surface area (Å²) in [5.74, 6) is 9.79. The topological polar surface area (TPSA) is 0 Å². The molecular formula is C23H14F2S. The summed E-state index contributed by atoms with van der Waals surface area (Å²) >= 11 is 4.19. The maximum atomic E-state index is 14.2. The lowest BCUT2D eigenvalue weighted by Crippen LogP contribution is -1.92. The van der Waals surface area contributed by atoms with Crippen molar-refractivity contribution in [2.45, 2.75) is 11.8 Å². The van der Waals surface area contributed by atoms with Crippen LogP contribution >= 0.6 is 12.6 Å². The maximum absolute atomic E-state index is 14.2. The van der Waals surface area contributed by atoms with Gasteiger partial charge in [0.25, 0.3) is 0 Å². The minimum atomic E-state index is -0.599. The van der Waals surface area contributed by atoms with Gasteiger partial charge < -0.3 is 0 Å². The number of thiol groups is 1. The third kappa shape index (κ3) is 4.54. The molecular weight excluding hydrogens is 346 g/mol. The Balaban J connectivity index is 1.87. The van der Waals surface area contributed by atoms with Crippen LogP contribution in [0.25, 0.3) is 0 Å². The molecule has 0 aromatic heterocycles. The van der Waals surface area contributed by atoms with Gasteiger partial charge in [0.15, 0.2) is 0 Å². The largest absolute Gasteiger partial charge is 0.206 e. The monoisotopic (exact) mass is 360 g/mol. The maximum Gasteiger partial charge on any atom is 0.140 e. The number of benzene rings is 3. The molecule has 0 spiro atoms. The van der Waals surface area contributed by atoms with E-state index in [0.717, 1.165) is 28.2 Å². The number of rotatable bonds is 0. The molecule has 0 amide bonds. The summed E-state index contributed by atoms with van der Waals surface area (Å²) in [5, 5.41) is 0. The molecule has 0 aliphatic heterocycles. The zero-order valence-corrected chi connectivity index (χ0v) is 14.9. The molecule has 0 radical (unpaired) electrons. The Morgan fingerprint density at radius 2 is 1.08 bits per heavy atom. The minimum Gasteiger partial charge on any atom is -0.206 e. The first-order valence-corrected chi connectivity index (χ1v) is 8.35. The zero-order chi connectivity index (χ0) is 18.5. The minimum absolute atomic E-state index is 0.00154. The van der Waals surface area contributed by atoms with E-state index in [1.165, 1.54) is 0 Å². The number of hydrogen-bond donors (Lipinski definition) is 1. The average molecular weight is 360 g/mol. The summed E-state index contributed by atoms with van der Waals surface area (Å²) in [7, 11) is 0. The van der Waals surface area contributed by atoms with Crippen LogP contribution < -0.4 is 0 Å². The first-order valence-electron chi connectivity index (χ1n) is 7.90. The summed E-state index contributed by atoms with van der Waals surface area (Å²) in [5.41, 5.74) is 2.56. The summed E-state index contributed by atoms with van der Waals surface area (Å²) in [6, 6.07) is 16.8. The lowest BCUT2D eigenvalue weighted by atomic mass is 10.1. The molecule has 3 aromatic rings. The van der Waals surface area contributed by atoms with Gasteiger partial charge in [0.05, 0.1) is 11.1 Å². The van der Waals surface area contributed by atoms with Crippen molar-refractivity contribution >= 4 is 12.6 Å². The molecule has 0 bridgehead atoms.